The van der Waals surface area contributed by atoms with Crippen LogP contribution in [0.5, 0.6) is 0 Å². The van der Waals surface area contributed by atoms with Crippen LogP contribution < -0.4 is 5.32 Å². The Labute approximate surface area is 120 Å². The van der Waals surface area contributed by atoms with E-state index in [1.807, 2.05) is 19.6 Å². The number of anilines is 1. The van der Waals surface area contributed by atoms with Crippen LogP contribution >= 0.6 is 15.9 Å². The molecule has 1 saturated carbocycles. The van der Waals surface area contributed by atoms with Crippen molar-refractivity contribution in [3.8, 4) is 11.5 Å². The van der Waals surface area contributed by atoms with Gasteiger partial charge in [0.25, 0.3) is 0 Å². The van der Waals surface area contributed by atoms with Crippen LogP contribution in [0.25, 0.3) is 11.5 Å². The van der Waals surface area contributed by atoms with Gasteiger partial charge in [0.1, 0.15) is 11.5 Å². The lowest BCUT2D eigenvalue weighted by molar-refractivity contribution is 0.762. The van der Waals surface area contributed by atoms with E-state index in [0.717, 1.165) is 34.0 Å². The van der Waals surface area contributed by atoms with Gasteiger partial charge in [0.15, 0.2) is 5.82 Å². The highest BCUT2D eigenvalue weighted by Gasteiger charge is 2.29. The molecule has 2 aromatic heterocycles. The molecule has 100 valence electrons. The molecule has 0 aromatic carbocycles. The Kier molecular flexibility index (Phi) is 3.26. The Morgan fingerprint density at radius 1 is 1.42 bits per heavy atom. The van der Waals surface area contributed by atoms with Crippen molar-refractivity contribution in [3.63, 3.8) is 0 Å². The lowest BCUT2D eigenvalue weighted by Gasteiger charge is -2.11. The van der Waals surface area contributed by atoms with Crippen molar-refractivity contribution in [1.82, 2.24) is 19.5 Å². The topological polar surface area (TPSA) is 55.6 Å². The molecule has 5 nitrogen and oxygen atoms in total. The minimum absolute atomic E-state index is 0.571. The number of aromatic nitrogens is 4. The lowest BCUT2D eigenvalue weighted by Crippen LogP contribution is -2.05. The van der Waals surface area contributed by atoms with E-state index in [1.54, 1.807) is 0 Å². The van der Waals surface area contributed by atoms with E-state index in [2.05, 4.69) is 42.7 Å². The van der Waals surface area contributed by atoms with Crippen LogP contribution in [0, 0.1) is 0 Å². The summed E-state index contributed by atoms with van der Waals surface area (Å²) in [5.41, 5.74) is 2.08. The van der Waals surface area contributed by atoms with Gasteiger partial charge in [0.2, 0.25) is 0 Å². The molecule has 0 bridgehead atoms. The minimum atomic E-state index is 0.571. The Morgan fingerprint density at radius 3 is 2.84 bits per heavy atom. The van der Waals surface area contributed by atoms with Gasteiger partial charge >= 0.3 is 0 Å². The maximum atomic E-state index is 4.74. The van der Waals surface area contributed by atoms with E-state index in [4.69, 9.17) is 4.98 Å². The summed E-state index contributed by atoms with van der Waals surface area (Å²) in [6.07, 6.45) is 6.07. The molecule has 3 rings (SSSR count). The molecule has 1 aliphatic carbocycles. The molecule has 1 aliphatic rings. The van der Waals surface area contributed by atoms with Gasteiger partial charge in [-0.05, 0) is 35.7 Å². The van der Waals surface area contributed by atoms with Crippen LogP contribution in [0.15, 0.2) is 17.0 Å². The second kappa shape index (κ2) is 4.92. The predicted octanol–water partition coefficient (Wildman–Crippen LogP) is 3.04. The number of halogens is 1. The summed E-state index contributed by atoms with van der Waals surface area (Å²) in [5.74, 6) is 2.16. The van der Waals surface area contributed by atoms with Crippen LogP contribution in [0.2, 0.25) is 0 Å². The fourth-order valence-corrected chi connectivity index (χ4v) is 2.83. The first-order valence-corrected chi connectivity index (χ1v) is 7.29. The van der Waals surface area contributed by atoms with E-state index < -0.39 is 0 Å². The fraction of sp³-hybridized carbons (Fsp3) is 0.462. The first-order valence-electron chi connectivity index (χ1n) is 6.50. The van der Waals surface area contributed by atoms with Gasteiger partial charge < -0.3 is 9.88 Å². The highest BCUT2D eigenvalue weighted by molar-refractivity contribution is 9.10. The third-order valence-corrected chi connectivity index (χ3v) is 4.14. The molecule has 6 heteroatoms. The summed E-state index contributed by atoms with van der Waals surface area (Å²) in [7, 11) is 1.88. The van der Waals surface area contributed by atoms with E-state index in [9.17, 15) is 0 Å². The molecular formula is C13H16BrN5. The van der Waals surface area contributed by atoms with Gasteiger partial charge in [-0.3, -0.25) is 0 Å². The molecule has 0 atom stereocenters. The standard InChI is InChI=1S/C13H16BrN5/c1-3-19-7-16-6-9(19)12-17-11(8-4-5-8)10(14)13(15-2)18-12/h6-8H,3-5H2,1-2H3,(H,15,17,18). The van der Waals surface area contributed by atoms with Crippen molar-refractivity contribution >= 4 is 21.7 Å². The molecule has 2 aromatic rings. The van der Waals surface area contributed by atoms with Crippen LogP contribution in [-0.2, 0) is 6.54 Å². The van der Waals surface area contributed by atoms with Gasteiger partial charge in [-0.15, -0.1) is 0 Å². The zero-order chi connectivity index (χ0) is 13.4. The third kappa shape index (κ3) is 2.25. The molecule has 1 fully saturated rings. The Morgan fingerprint density at radius 2 is 2.21 bits per heavy atom. The molecule has 1 N–H and O–H groups in total. The summed E-state index contributed by atoms with van der Waals surface area (Å²) in [4.78, 5) is 13.5. The highest BCUT2D eigenvalue weighted by atomic mass is 79.9. The molecular weight excluding hydrogens is 306 g/mol. The number of rotatable bonds is 4. The Balaban J connectivity index is 2.13. The highest BCUT2D eigenvalue weighted by Crippen LogP contribution is 2.44. The summed E-state index contributed by atoms with van der Waals surface area (Å²) < 4.78 is 3.04. The molecule has 0 saturated heterocycles. The fourth-order valence-electron chi connectivity index (χ4n) is 2.13. The van der Waals surface area contributed by atoms with Crippen LogP contribution in [-0.4, -0.2) is 26.6 Å². The maximum Gasteiger partial charge on any atom is 0.180 e. The summed E-state index contributed by atoms with van der Waals surface area (Å²) >= 11 is 3.61. The third-order valence-electron chi connectivity index (χ3n) is 3.36. The number of imidazole rings is 1. The van der Waals surface area contributed by atoms with Crippen molar-refractivity contribution in [2.24, 2.45) is 0 Å². The van der Waals surface area contributed by atoms with Gasteiger partial charge in [-0.1, -0.05) is 0 Å². The SMILES string of the molecule is CCn1cncc1-c1nc(NC)c(Br)c(C2CC2)n1. The van der Waals surface area contributed by atoms with Crippen LogP contribution in [0.1, 0.15) is 31.4 Å². The van der Waals surface area contributed by atoms with Gasteiger partial charge in [0.05, 0.1) is 22.7 Å². The van der Waals surface area contributed by atoms with Crippen molar-refractivity contribution in [2.75, 3.05) is 12.4 Å². The minimum Gasteiger partial charge on any atom is -0.372 e. The zero-order valence-corrected chi connectivity index (χ0v) is 12.6. The van der Waals surface area contributed by atoms with Crippen LogP contribution in [0.4, 0.5) is 5.82 Å². The van der Waals surface area contributed by atoms with Crippen molar-refractivity contribution in [3.05, 3.63) is 22.7 Å². The molecule has 0 aliphatic heterocycles. The average Bonchev–Trinajstić information content (AvgIpc) is 3.16. The second-order valence-electron chi connectivity index (χ2n) is 4.68. The first-order chi connectivity index (χ1) is 9.24. The number of nitrogens with zero attached hydrogens (tertiary/aromatic N) is 4. The van der Waals surface area contributed by atoms with Crippen LogP contribution in [0.3, 0.4) is 0 Å². The molecule has 2 heterocycles. The number of hydrogen-bond donors (Lipinski definition) is 1. The Bertz CT molecular complexity index is 603. The van der Waals surface area contributed by atoms with Crippen molar-refractivity contribution in [2.45, 2.75) is 32.2 Å². The van der Waals surface area contributed by atoms with Crippen molar-refractivity contribution < 1.29 is 0 Å². The molecule has 0 radical (unpaired) electrons. The number of hydrogen-bond acceptors (Lipinski definition) is 4. The summed E-state index contributed by atoms with van der Waals surface area (Å²) in [6, 6.07) is 0. The monoisotopic (exact) mass is 321 g/mol. The average molecular weight is 322 g/mol. The molecule has 0 spiro atoms. The zero-order valence-electron chi connectivity index (χ0n) is 11.0. The quantitative estimate of drug-likeness (QED) is 0.940. The molecule has 0 amide bonds. The molecule has 19 heavy (non-hydrogen) atoms. The second-order valence-corrected chi connectivity index (χ2v) is 5.48. The predicted molar refractivity (Wildman–Crippen MR) is 78.1 cm³/mol. The largest absolute Gasteiger partial charge is 0.372 e. The normalized spacial score (nSPS) is 14.7. The maximum absolute atomic E-state index is 4.74. The van der Waals surface area contributed by atoms with E-state index in [-0.39, 0.29) is 0 Å². The summed E-state index contributed by atoms with van der Waals surface area (Å²) in [6.45, 7) is 2.95. The number of aryl methyl sites for hydroxylation is 1. The van der Waals surface area contributed by atoms with E-state index in [1.165, 1.54) is 12.8 Å². The van der Waals surface area contributed by atoms with Crippen molar-refractivity contribution in [1.29, 1.82) is 0 Å². The number of nitrogens with one attached hydrogen (secondary N) is 1. The van der Waals surface area contributed by atoms with Gasteiger partial charge in [-0.25, -0.2) is 15.0 Å². The van der Waals surface area contributed by atoms with Gasteiger partial charge in [-0.2, -0.15) is 0 Å². The molecule has 0 unspecified atom stereocenters. The Hall–Kier alpha value is -1.43. The van der Waals surface area contributed by atoms with E-state index in [0.29, 0.717) is 5.92 Å². The first kappa shape index (κ1) is 12.6. The lowest BCUT2D eigenvalue weighted by atomic mass is 10.2. The van der Waals surface area contributed by atoms with E-state index >= 15 is 0 Å². The smallest absolute Gasteiger partial charge is 0.180 e. The summed E-state index contributed by atoms with van der Waals surface area (Å²) in [5, 5.41) is 3.13. The van der Waals surface area contributed by atoms with Gasteiger partial charge in [0, 0.05) is 19.5 Å².